The van der Waals surface area contributed by atoms with E-state index in [-0.39, 0.29) is 17.5 Å². The Kier molecular flexibility index (Phi) is 4.52. The van der Waals surface area contributed by atoms with Crippen molar-refractivity contribution >= 4 is 5.91 Å². The van der Waals surface area contributed by atoms with Gasteiger partial charge in [0.15, 0.2) is 0 Å². The van der Waals surface area contributed by atoms with Gasteiger partial charge in [-0.25, -0.2) is 4.98 Å². The molecule has 0 bridgehead atoms. The third kappa shape index (κ3) is 3.53. The van der Waals surface area contributed by atoms with Gasteiger partial charge in [-0.15, -0.1) is 0 Å². The highest BCUT2D eigenvalue weighted by molar-refractivity contribution is 5.77. The van der Waals surface area contributed by atoms with E-state index < -0.39 is 0 Å². The number of H-pyrrole nitrogens is 1. The molecule has 1 aliphatic carbocycles. The number of carbonyl (C=O) groups excluding carboxylic acids is 1. The summed E-state index contributed by atoms with van der Waals surface area (Å²) in [7, 11) is 1.96. The second kappa shape index (κ2) is 6.14. The standard InChI is InChI=1S/C13H23N5O/c1-10(12-15-9-16-18-12)17-11(19)8-13(14-2)6-4-3-5-7-13/h9-10,14H,3-8H2,1-2H3,(H,17,19)(H,15,16,18). The van der Waals surface area contributed by atoms with Gasteiger partial charge in [-0.1, -0.05) is 19.3 Å². The van der Waals surface area contributed by atoms with Crippen LogP contribution >= 0.6 is 0 Å². The predicted octanol–water partition coefficient (Wildman–Crippen LogP) is 1.29. The van der Waals surface area contributed by atoms with E-state index >= 15 is 0 Å². The van der Waals surface area contributed by atoms with Gasteiger partial charge >= 0.3 is 0 Å². The van der Waals surface area contributed by atoms with Crippen molar-refractivity contribution in [3.63, 3.8) is 0 Å². The highest BCUT2D eigenvalue weighted by Gasteiger charge is 2.32. The number of aromatic nitrogens is 3. The summed E-state index contributed by atoms with van der Waals surface area (Å²) in [6.07, 6.45) is 7.81. The molecule has 1 aromatic rings. The van der Waals surface area contributed by atoms with Crippen molar-refractivity contribution in [1.29, 1.82) is 0 Å². The van der Waals surface area contributed by atoms with Crippen LogP contribution in [0.4, 0.5) is 0 Å². The number of nitrogens with zero attached hydrogens (tertiary/aromatic N) is 2. The molecule has 0 aromatic carbocycles. The summed E-state index contributed by atoms with van der Waals surface area (Å²) in [6, 6.07) is -0.132. The van der Waals surface area contributed by atoms with Gasteiger partial charge < -0.3 is 10.6 Å². The Morgan fingerprint density at radius 1 is 1.47 bits per heavy atom. The summed E-state index contributed by atoms with van der Waals surface area (Å²) in [5.41, 5.74) is -0.0243. The average molecular weight is 265 g/mol. The van der Waals surface area contributed by atoms with Crippen molar-refractivity contribution in [1.82, 2.24) is 25.8 Å². The summed E-state index contributed by atoms with van der Waals surface area (Å²) in [5.74, 6) is 0.760. The maximum atomic E-state index is 12.2. The lowest BCUT2D eigenvalue weighted by molar-refractivity contribution is -0.123. The highest BCUT2D eigenvalue weighted by Crippen LogP contribution is 2.30. The van der Waals surface area contributed by atoms with Gasteiger partial charge in [0.2, 0.25) is 5.91 Å². The molecule has 1 heterocycles. The van der Waals surface area contributed by atoms with E-state index in [0.29, 0.717) is 12.2 Å². The summed E-state index contributed by atoms with van der Waals surface area (Å²) < 4.78 is 0. The molecule has 106 valence electrons. The molecule has 1 aliphatic rings. The molecule has 0 aliphatic heterocycles. The lowest BCUT2D eigenvalue weighted by atomic mass is 9.79. The zero-order valence-corrected chi connectivity index (χ0v) is 11.7. The highest BCUT2D eigenvalue weighted by atomic mass is 16.1. The van der Waals surface area contributed by atoms with Crippen molar-refractivity contribution in [3.05, 3.63) is 12.2 Å². The topological polar surface area (TPSA) is 82.7 Å². The van der Waals surface area contributed by atoms with Crippen LogP contribution in [0.1, 0.15) is 57.3 Å². The van der Waals surface area contributed by atoms with E-state index in [4.69, 9.17) is 0 Å². The first-order chi connectivity index (χ1) is 9.15. The van der Waals surface area contributed by atoms with Crippen molar-refractivity contribution in [2.75, 3.05) is 7.05 Å². The Balaban J connectivity index is 1.89. The average Bonchev–Trinajstić information content (AvgIpc) is 2.93. The van der Waals surface area contributed by atoms with Gasteiger partial charge in [-0.3, -0.25) is 9.89 Å². The number of rotatable bonds is 5. The molecule has 6 nitrogen and oxygen atoms in total. The molecule has 1 fully saturated rings. The van der Waals surface area contributed by atoms with E-state index in [1.54, 1.807) is 0 Å². The van der Waals surface area contributed by atoms with Crippen LogP contribution in [0.2, 0.25) is 0 Å². The molecule has 1 saturated carbocycles. The fourth-order valence-corrected chi connectivity index (χ4v) is 2.84. The molecule has 2 rings (SSSR count). The van der Waals surface area contributed by atoms with Crippen molar-refractivity contribution in [2.24, 2.45) is 0 Å². The van der Waals surface area contributed by atoms with Crippen LogP contribution in [0.25, 0.3) is 0 Å². The Morgan fingerprint density at radius 2 is 2.21 bits per heavy atom. The fraction of sp³-hybridized carbons (Fsp3) is 0.769. The normalized spacial score (nSPS) is 19.9. The number of hydrogen-bond acceptors (Lipinski definition) is 4. The first kappa shape index (κ1) is 14.0. The number of hydrogen-bond donors (Lipinski definition) is 3. The molecule has 1 unspecified atom stereocenters. The molecule has 1 amide bonds. The van der Waals surface area contributed by atoms with E-state index in [9.17, 15) is 4.79 Å². The van der Waals surface area contributed by atoms with E-state index in [1.807, 2.05) is 14.0 Å². The molecule has 0 spiro atoms. The monoisotopic (exact) mass is 265 g/mol. The van der Waals surface area contributed by atoms with E-state index in [0.717, 1.165) is 12.8 Å². The fourth-order valence-electron chi connectivity index (χ4n) is 2.84. The lowest BCUT2D eigenvalue weighted by Crippen LogP contribution is -2.48. The Labute approximate surface area is 113 Å². The van der Waals surface area contributed by atoms with E-state index in [1.165, 1.54) is 25.6 Å². The molecule has 1 aromatic heterocycles. The van der Waals surface area contributed by atoms with Gasteiger partial charge in [0.05, 0.1) is 6.04 Å². The first-order valence-corrected chi connectivity index (χ1v) is 6.99. The van der Waals surface area contributed by atoms with Crippen LogP contribution in [-0.2, 0) is 4.79 Å². The van der Waals surface area contributed by atoms with Crippen LogP contribution < -0.4 is 10.6 Å². The smallest absolute Gasteiger partial charge is 0.222 e. The van der Waals surface area contributed by atoms with Crippen LogP contribution in [0.15, 0.2) is 6.33 Å². The van der Waals surface area contributed by atoms with Crippen LogP contribution in [0.5, 0.6) is 0 Å². The van der Waals surface area contributed by atoms with Crippen LogP contribution in [0, 0.1) is 0 Å². The summed E-state index contributed by atoms with van der Waals surface area (Å²) >= 11 is 0. The van der Waals surface area contributed by atoms with Crippen LogP contribution in [0.3, 0.4) is 0 Å². The quantitative estimate of drug-likeness (QED) is 0.749. The Bertz CT molecular complexity index is 397. The number of amides is 1. The molecular weight excluding hydrogens is 242 g/mol. The summed E-state index contributed by atoms with van der Waals surface area (Å²) in [5, 5.41) is 12.9. The third-order valence-electron chi connectivity index (χ3n) is 4.06. The second-order valence-corrected chi connectivity index (χ2v) is 5.43. The molecule has 6 heteroatoms. The largest absolute Gasteiger partial charge is 0.346 e. The zero-order valence-electron chi connectivity index (χ0n) is 11.7. The second-order valence-electron chi connectivity index (χ2n) is 5.43. The predicted molar refractivity (Wildman–Crippen MR) is 72.4 cm³/mol. The molecule has 0 saturated heterocycles. The Morgan fingerprint density at radius 3 is 2.79 bits per heavy atom. The maximum absolute atomic E-state index is 12.2. The van der Waals surface area contributed by atoms with Gasteiger partial charge in [-0.2, -0.15) is 5.10 Å². The molecule has 3 N–H and O–H groups in total. The van der Waals surface area contributed by atoms with Crippen molar-refractivity contribution in [3.8, 4) is 0 Å². The number of nitrogens with one attached hydrogen (secondary N) is 3. The van der Waals surface area contributed by atoms with Gasteiger partial charge in [-0.05, 0) is 26.8 Å². The zero-order chi connectivity index (χ0) is 13.7. The lowest BCUT2D eigenvalue weighted by Gasteiger charge is -2.36. The molecule has 0 radical (unpaired) electrons. The minimum absolute atomic E-state index is 0.0243. The Hall–Kier alpha value is -1.43. The van der Waals surface area contributed by atoms with Gasteiger partial charge in [0.25, 0.3) is 0 Å². The third-order valence-corrected chi connectivity index (χ3v) is 4.06. The minimum atomic E-state index is -0.132. The molecule has 1 atom stereocenters. The molecule has 19 heavy (non-hydrogen) atoms. The van der Waals surface area contributed by atoms with E-state index in [2.05, 4.69) is 25.8 Å². The van der Waals surface area contributed by atoms with Crippen molar-refractivity contribution < 1.29 is 4.79 Å². The van der Waals surface area contributed by atoms with Crippen molar-refractivity contribution in [2.45, 2.75) is 57.0 Å². The molecular formula is C13H23N5O. The van der Waals surface area contributed by atoms with Crippen LogP contribution in [-0.4, -0.2) is 33.7 Å². The van der Waals surface area contributed by atoms with Gasteiger partial charge in [0, 0.05) is 12.0 Å². The summed E-state index contributed by atoms with van der Waals surface area (Å²) in [4.78, 5) is 16.2. The SMILES string of the molecule is CNC1(CC(=O)NC(C)c2ncn[nH]2)CCCCC1. The summed E-state index contributed by atoms with van der Waals surface area (Å²) in [6.45, 7) is 1.91. The minimum Gasteiger partial charge on any atom is -0.346 e. The first-order valence-electron chi connectivity index (χ1n) is 6.99. The number of carbonyl (C=O) groups is 1. The number of aromatic amines is 1. The maximum Gasteiger partial charge on any atom is 0.222 e. The van der Waals surface area contributed by atoms with Gasteiger partial charge in [0.1, 0.15) is 12.2 Å².